The number of rotatable bonds is 4. The molecule has 0 spiro atoms. The summed E-state index contributed by atoms with van der Waals surface area (Å²) in [6, 6.07) is 5.67. The molecule has 18 heavy (non-hydrogen) atoms. The SMILES string of the molecule is Nc1ccc2nc(CCSc3ncco3)[nH]c2c1. The molecule has 6 heteroatoms. The highest BCUT2D eigenvalue weighted by Gasteiger charge is 2.04. The van der Waals surface area contributed by atoms with Gasteiger partial charge in [-0.05, 0) is 18.2 Å². The molecule has 0 aliphatic carbocycles. The molecule has 0 fully saturated rings. The van der Waals surface area contributed by atoms with E-state index in [-0.39, 0.29) is 0 Å². The summed E-state index contributed by atoms with van der Waals surface area (Å²) in [7, 11) is 0. The number of fused-ring (bicyclic) bond motifs is 1. The van der Waals surface area contributed by atoms with Crippen LogP contribution in [-0.2, 0) is 6.42 Å². The van der Waals surface area contributed by atoms with E-state index >= 15 is 0 Å². The van der Waals surface area contributed by atoms with Gasteiger partial charge in [-0.2, -0.15) is 0 Å². The number of aromatic nitrogens is 3. The van der Waals surface area contributed by atoms with Crippen molar-refractivity contribution >= 4 is 28.5 Å². The van der Waals surface area contributed by atoms with E-state index in [2.05, 4.69) is 15.0 Å². The number of oxazole rings is 1. The minimum atomic E-state index is 0.690. The van der Waals surface area contributed by atoms with E-state index in [1.807, 2.05) is 18.2 Å². The Bertz CT molecular complexity index is 647. The van der Waals surface area contributed by atoms with Gasteiger partial charge >= 0.3 is 0 Å². The van der Waals surface area contributed by atoms with Crippen molar-refractivity contribution in [2.45, 2.75) is 11.6 Å². The van der Waals surface area contributed by atoms with Crippen LogP contribution in [0.4, 0.5) is 5.69 Å². The Morgan fingerprint density at radius 3 is 3.17 bits per heavy atom. The van der Waals surface area contributed by atoms with Crippen molar-refractivity contribution in [1.82, 2.24) is 15.0 Å². The number of hydrogen-bond donors (Lipinski definition) is 2. The van der Waals surface area contributed by atoms with Crippen LogP contribution in [0, 0.1) is 0 Å². The molecule has 0 aliphatic rings. The third kappa shape index (κ3) is 2.33. The number of anilines is 1. The fourth-order valence-corrected chi connectivity index (χ4v) is 2.44. The van der Waals surface area contributed by atoms with Gasteiger partial charge in [0.25, 0.3) is 5.22 Å². The summed E-state index contributed by atoms with van der Waals surface area (Å²) in [5, 5.41) is 0.690. The molecule has 0 atom stereocenters. The van der Waals surface area contributed by atoms with Crippen molar-refractivity contribution in [3.05, 3.63) is 36.5 Å². The Morgan fingerprint density at radius 1 is 1.39 bits per heavy atom. The van der Waals surface area contributed by atoms with Crippen LogP contribution in [0.3, 0.4) is 0 Å². The smallest absolute Gasteiger partial charge is 0.255 e. The Hall–Kier alpha value is -1.95. The molecule has 1 aromatic carbocycles. The summed E-state index contributed by atoms with van der Waals surface area (Å²) in [4.78, 5) is 11.8. The molecule has 3 rings (SSSR count). The first-order valence-corrected chi connectivity index (χ1v) is 6.56. The van der Waals surface area contributed by atoms with Gasteiger partial charge in [0.1, 0.15) is 12.1 Å². The highest BCUT2D eigenvalue weighted by Crippen LogP contribution is 2.18. The molecule has 0 aliphatic heterocycles. The van der Waals surface area contributed by atoms with Crippen LogP contribution in [0.1, 0.15) is 5.82 Å². The second kappa shape index (κ2) is 4.73. The zero-order valence-electron chi connectivity index (χ0n) is 9.59. The first-order valence-electron chi connectivity index (χ1n) is 5.58. The predicted octanol–water partition coefficient (Wildman–Crippen LogP) is 2.47. The van der Waals surface area contributed by atoms with Gasteiger partial charge in [0.2, 0.25) is 0 Å². The molecule has 2 heterocycles. The van der Waals surface area contributed by atoms with Crippen molar-refractivity contribution < 1.29 is 4.42 Å². The average Bonchev–Trinajstić information content (AvgIpc) is 2.97. The molecule has 5 nitrogen and oxygen atoms in total. The van der Waals surface area contributed by atoms with Crippen LogP contribution in [0.15, 0.2) is 40.3 Å². The zero-order chi connectivity index (χ0) is 12.4. The Balaban J connectivity index is 1.67. The van der Waals surface area contributed by atoms with Gasteiger partial charge in [0.05, 0.1) is 17.2 Å². The second-order valence-corrected chi connectivity index (χ2v) is 4.90. The maximum absolute atomic E-state index is 5.72. The summed E-state index contributed by atoms with van der Waals surface area (Å²) in [6.45, 7) is 0. The van der Waals surface area contributed by atoms with Crippen LogP contribution < -0.4 is 5.73 Å². The molecule has 0 bridgehead atoms. The number of thioether (sulfide) groups is 1. The molecule has 0 unspecified atom stereocenters. The van der Waals surface area contributed by atoms with Crippen LogP contribution in [0.2, 0.25) is 0 Å². The third-order valence-corrected chi connectivity index (χ3v) is 3.39. The summed E-state index contributed by atoms with van der Waals surface area (Å²) >= 11 is 1.57. The Morgan fingerprint density at radius 2 is 2.33 bits per heavy atom. The number of nitrogens with zero attached hydrogens (tertiary/aromatic N) is 2. The van der Waals surface area contributed by atoms with E-state index in [0.717, 1.165) is 34.7 Å². The number of nitrogens with two attached hydrogens (primary N) is 1. The number of benzene rings is 1. The largest absolute Gasteiger partial charge is 0.440 e. The first kappa shape index (κ1) is 11.2. The second-order valence-electron chi connectivity index (χ2n) is 3.86. The van der Waals surface area contributed by atoms with Crippen LogP contribution in [0.5, 0.6) is 0 Å². The maximum Gasteiger partial charge on any atom is 0.255 e. The molecule has 0 saturated heterocycles. The molecule has 3 N–H and O–H groups in total. The molecule has 3 aromatic rings. The number of aromatic amines is 1. The fraction of sp³-hybridized carbons (Fsp3) is 0.167. The van der Waals surface area contributed by atoms with Gasteiger partial charge in [-0.15, -0.1) is 0 Å². The van der Waals surface area contributed by atoms with Crippen molar-refractivity contribution in [1.29, 1.82) is 0 Å². The van der Waals surface area contributed by atoms with Crippen molar-refractivity contribution in [2.75, 3.05) is 11.5 Å². The zero-order valence-corrected chi connectivity index (χ0v) is 10.4. The highest BCUT2D eigenvalue weighted by molar-refractivity contribution is 7.99. The summed E-state index contributed by atoms with van der Waals surface area (Å²) < 4.78 is 5.15. The number of nitrogen functional groups attached to an aromatic ring is 1. The van der Waals surface area contributed by atoms with Gasteiger partial charge in [0, 0.05) is 17.9 Å². The lowest BCUT2D eigenvalue weighted by Crippen LogP contribution is -1.90. The van der Waals surface area contributed by atoms with E-state index in [1.54, 1.807) is 24.2 Å². The average molecular weight is 260 g/mol. The van der Waals surface area contributed by atoms with E-state index in [1.165, 1.54) is 0 Å². The van der Waals surface area contributed by atoms with Gasteiger partial charge in [-0.3, -0.25) is 0 Å². The fourth-order valence-electron chi connectivity index (χ4n) is 1.72. The number of imidazole rings is 1. The van der Waals surface area contributed by atoms with E-state index in [9.17, 15) is 0 Å². The lowest BCUT2D eigenvalue weighted by atomic mass is 10.3. The normalized spacial score (nSPS) is 11.1. The first-order chi connectivity index (χ1) is 8.81. The maximum atomic E-state index is 5.72. The van der Waals surface area contributed by atoms with Gasteiger partial charge in [-0.25, -0.2) is 9.97 Å². The standard InChI is InChI=1S/C12H12N4OS/c13-8-1-2-9-10(7-8)16-11(15-9)3-6-18-12-14-4-5-17-12/h1-2,4-5,7H,3,6,13H2,(H,15,16). The van der Waals surface area contributed by atoms with Crippen molar-refractivity contribution in [3.63, 3.8) is 0 Å². The highest BCUT2D eigenvalue weighted by atomic mass is 32.2. The van der Waals surface area contributed by atoms with E-state index in [4.69, 9.17) is 10.2 Å². The lowest BCUT2D eigenvalue weighted by molar-refractivity contribution is 0.454. The number of nitrogens with one attached hydrogen (secondary N) is 1. The van der Waals surface area contributed by atoms with E-state index < -0.39 is 0 Å². The molecule has 0 saturated carbocycles. The quantitative estimate of drug-likeness (QED) is 0.556. The minimum absolute atomic E-state index is 0.690. The Labute approximate surface area is 108 Å². The molecular weight excluding hydrogens is 248 g/mol. The monoisotopic (exact) mass is 260 g/mol. The van der Waals surface area contributed by atoms with Crippen LogP contribution >= 0.6 is 11.8 Å². The summed E-state index contributed by atoms with van der Waals surface area (Å²) in [6.07, 6.45) is 4.06. The minimum Gasteiger partial charge on any atom is -0.440 e. The number of hydrogen-bond acceptors (Lipinski definition) is 5. The predicted molar refractivity (Wildman–Crippen MR) is 71.4 cm³/mol. The van der Waals surface area contributed by atoms with Crippen molar-refractivity contribution in [2.24, 2.45) is 0 Å². The summed E-state index contributed by atoms with van der Waals surface area (Å²) in [5.41, 5.74) is 8.39. The van der Waals surface area contributed by atoms with E-state index in [0.29, 0.717) is 5.22 Å². The Kier molecular flexibility index (Phi) is 2.93. The number of aryl methyl sites for hydroxylation is 1. The summed E-state index contributed by atoms with van der Waals surface area (Å²) in [5.74, 6) is 1.82. The van der Waals surface area contributed by atoms with Gasteiger partial charge < -0.3 is 15.1 Å². The van der Waals surface area contributed by atoms with Crippen LogP contribution in [-0.4, -0.2) is 20.7 Å². The third-order valence-electron chi connectivity index (χ3n) is 2.53. The van der Waals surface area contributed by atoms with Crippen LogP contribution in [0.25, 0.3) is 11.0 Å². The molecule has 2 aromatic heterocycles. The van der Waals surface area contributed by atoms with Gasteiger partial charge in [-0.1, -0.05) is 11.8 Å². The molecule has 0 radical (unpaired) electrons. The van der Waals surface area contributed by atoms with Gasteiger partial charge in [0.15, 0.2) is 0 Å². The molecule has 0 amide bonds. The lowest BCUT2D eigenvalue weighted by Gasteiger charge is -1.94. The number of H-pyrrole nitrogens is 1. The topological polar surface area (TPSA) is 80.7 Å². The molecular formula is C12H12N4OS. The van der Waals surface area contributed by atoms with Crippen molar-refractivity contribution in [3.8, 4) is 0 Å². The molecule has 92 valence electrons.